The van der Waals surface area contributed by atoms with Crippen molar-refractivity contribution in [1.82, 2.24) is 15.2 Å². The number of H-pyrrole nitrogens is 1. The number of aromatic nitrogens is 3. The van der Waals surface area contributed by atoms with Crippen molar-refractivity contribution in [2.75, 3.05) is 19.5 Å². The van der Waals surface area contributed by atoms with Crippen molar-refractivity contribution >= 4 is 11.6 Å². The number of methoxy groups -OCH3 is 2. The van der Waals surface area contributed by atoms with Crippen LogP contribution in [0.25, 0.3) is 11.3 Å². The average Bonchev–Trinajstić information content (AvgIpc) is 3.12. The van der Waals surface area contributed by atoms with Gasteiger partial charge in [-0.3, -0.25) is 14.9 Å². The molecule has 0 saturated carbocycles. The van der Waals surface area contributed by atoms with Crippen molar-refractivity contribution in [3.05, 3.63) is 54.5 Å². The number of aromatic amines is 1. The van der Waals surface area contributed by atoms with Crippen LogP contribution in [0, 0.1) is 0 Å². The molecule has 0 saturated heterocycles. The molecule has 2 aromatic heterocycles. The van der Waals surface area contributed by atoms with Crippen LogP contribution in [-0.4, -0.2) is 35.3 Å². The number of hydrogen-bond acceptors (Lipinski definition) is 5. The van der Waals surface area contributed by atoms with Crippen LogP contribution in [0.2, 0.25) is 0 Å². The van der Waals surface area contributed by atoms with Crippen LogP contribution in [0.3, 0.4) is 0 Å². The van der Waals surface area contributed by atoms with Crippen molar-refractivity contribution in [2.45, 2.75) is 0 Å². The van der Waals surface area contributed by atoms with Crippen LogP contribution in [0.15, 0.2) is 48.8 Å². The number of pyridine rings is 1. The van der Waals surface area contributed by atoms with Gasteiger partial charge in [0.2, 0.25) is 0 Å². The molecule has 1 amide bonds. The van der Waals surface area contributed by atoms with E-state index in [0.717, 1.165) is 5.56 Å². The third-order valence-corrected chi connectivity index (χ3v) is 3.45. The highest BCUT2D eigenvalue weighted by molar-refractivity contribution is 6.04. The van der Waals surface area contributed by atoms with Gasteiger partial charge in [0.05, 0.1) is 25.6 Å². The predicted octanol–water partition coefficient (Wildman–Crippen LogP) is 2.74. The van der Waals surface area contributed by atoms with Crippen LogP contribution in [0.1, 0.15) is 10.5 Å². The Balaban J connectivity index is 1.82. The molecule has 0 spiro atoms. The summed E-state index contributed by atoms with van der Waals surface area (Å²) < 4.78 is 10.4. The van der Waals surface area contributed by atoms with Gasteiger partial charge in [-0.05, 0) is 30.3 Å². The smallest absolute Gasteiger partial charge is 0.273 e. The van der Waals surface area contributed by atoms with Crippen molar-refractivity contribution in [3.63, 3.8) is 0 Å². The second kappa shape index (κ2) is 6.82. The number of rotatable bonds is 5. The number of carbonyl (C=O) groups excluding carboxylic acids is 1. The molecule has 0 aliphatic heterocycles. The Morgan fingerprint density at radius 1 is 1.08 bits per heavy atom. The fourth-order valence-electron chi connectivity index (χ4n) is 2.21. The Kier molecular flexibility index (Phi) is 4.42. The normalized spacial score (nSPS) is 10.2. The zero-order chi connectivity index (χ0) is 16.9. The third-order valence-electron chi connectivity index (χ3n) is 3.45. The summed E-state index contributed by atoms with van der Waals surface area (Å²) in [5.41, 5.74) is 2.40. The summed E-state index contributed by atoms with van der Waals surface area (Å²) >= 11 is 0. The van der Waals surface area contributed by atoms with Gasteiger partial charge in [-0.2, -0.15) is 5.10 Å². The van der Waals surface area contributed by atoms with E-state index in [2.05, 4.69) is 20.5 Å². The van der Waals surface area contributed by atoms with Crippen LogP contribution in [0.4, 0.5) is 5.69 Å². The fourth-order valence-corrected chi connectivity index (χ4v) is 2.21. The molecule has 2 heterocycles. The minimum Gasteiger partial charge on any atom is -0.497 e. The van der Waals surface area contributed by atoms with Crippen molar-refractivity contribution in [3.8, 4) is 22.8 Å². The SMILES string of the molecule is COc1ccc(OC)c(NC(=O)c2cc(-c3ccncc3)n[nH]2)c1. The number of nitrogens with zero attached hydrogens (tertiary/aromatic N) is 2. The van der Waals surface area contributed by atoms with Crippen LogP contribution in [0.5, 0.6) is 11.5 Å². The van der Waals surface area contributed by atoms with E-state index in [1.165, 1.54) is 7.11 Å². The Labute approximate surface area is 138 Å². The van der Waals surface area contributed by atoms with Crippen LogP contribution in [-0.2, 0) is 0 Å². The number of anilines is 1. The van der Waals surface area contributed by atoms with Gasteiger partial charge < -0.3 is 14.8 Å². The van der Waals surface area contributed by atoms with Gasteiger partial charge in [0.25, 0.3) is 5.91 Å². The summed E-state index contributed by atoms with van der Waals surface area (Å²) in [6.07, 6.45) is 3.34. The fraction of sp³-hybridized carbons (Fsp3) is 0.118. The lowest BCUT2D eigenvalue weighted by atomic mass is 10.2. The topological polar surface area (TPSA) is 89.1 Å². The zero-order valence-corrected chi connectivity index (χ0v) is 13.2. The lowest BCUT2D eigenvalue weighted by Gasteiger charge is -2.11. The largest absolute Gasteiger partial charge is 0.497 e. The lowest BCUT2D eigenvalue weighted by Crippen LogP contribution is -2.13. The van der Waals surface area contributed by atoms with E-state index in [1.807, 2.05) is 12.1 Å². The first-order chi connectivity index (χ1) is 11.7. The summed E-state index contributed by atoms with van der Waals surface area (Å²) in [6.45, 7) is 0. The van der Waals surface area contributed by atoms with Crippen molar-refractivity contribution < 1.29 is 14.3 Å². The quantitative estimate of drug-likeness (QED) is 0.753. The van der Waals surface area contributed by atoms with Gasteiger partial charge >= 0.3 is 0 Å². The van der Waals surface area contributed by atoms with E-state index >= 15 is 0 Å². The molecule has 0 aliphatic carbocycles. The molecule has 2 N–H and O–H groups in total. The molecule has 0 aliphatic rings. The Hall–Kier alpha value is -3.35. The van der Waals surface area contributed by atoms with E-state index < -0.39 is 0 Å². The number of amides is 1. The molecule has 1 aromatic carbocycles. The standard InChI is InChI=1S/C17H16N4O3/c1-23-12-3-4-16(24-2)14(9-12)19-17(22)15-10-13(20-21-15)11-5-7-18-8-6-11/h3-10H,1-2H3,(H,19,22)(H,20,21). The minimum absolute atomic E-state index is 0.325. The number of nitrogens with one attached hydrogen (secondary N) is 2. The maximum Gasteiger partial charge on any atom is 0.273 e. The molecule has 7 heteroatoms. The first-order valence-corrected chi connectivity index (χ1v) is 7.20. The molecule has 3 aromatic rings. The van der Waals surface area contributed by atoms with E-state index in [1.54, 1.807) is 43.8 Å². The highest BCUT2D eigenvalue weighted by Crippen LogP contribution is 2.29. The van der Waals surface area contributed by atoms with E-state index in [0.29, 0.717) is 28.6 Å². The first kappa shape index (κ1) is 15.5. The van der Waals surface area contributed by atoms with Gasteiger partial charge in [0.1, 0.15) is 17.2 Å². The number of benzene rings is 1. The number of ether oxygens (including phenoxy) is 2. The highest BCUT2D eigenvalue weighted by atomic mass is 16.5. The second-order valence-corrected chi connectivity index (χ2v) is 4.92. The number of hydrogen-bond donors (Lipinski definition) is 2. The molecule has 0 unspecified atom stereocenters. The van der Waals surface area contributed by atoms with E-state index in [4.69, 9.17) is 9.47 Å². The molecule has 0 bridgehead atoms. The maximum atomic E-state index is 12.4. The molecule has 0 radical (unpaired) electrons. The van der Waals surface area contributed by atoms with Crippen molar-refractivity contribution in [1.29, 1.82) is 0 Å². The molecule has 24 heavy (non-hydrogen) atoms. The van der Waals surface area contributed by atoms with Gasteiger partial charge in [-0.1, -0.05) is 0 Å². The molecular weight excluding hydrogens is 308 g/mol. The Morgan fingerprint density at radius 2 is 1.88 bits per heavy atom. The summed E-state index contributed by atoms with van der Waals surface area (Å²) in [5.74, 6) is 0.834. The summed E-state index contributed by atoms with van der Waals surface area (Å²) in [6, 6.07) is 10.5. The van der Waals surface area contributed by atoms with E-state index in [9.17, 15) is 4.79 Å². The number of carbonyl (C=O) groups is 1. The summed E-state index contributed by atoms with van der Waals surface area (Å²) in [5, 5.41) is 9.68. The first-order valence-electron chi connectivity index (χ1n) is 7.20. The van der Waals surface area contributed by atoms with Gasteiger partial charge in [0.15, 0.2) is 0 Å². The van der Waals surface area contributed by atoms with Gasteiger partial charge in [-0.25, -0.2) is 0 Å². The summed E-state index contributed by atoms with van der Waals surface area (Å²) in [7, 11) is 3.10. The lowest BCUT2D eigenvalue weighted by molar-refractivity contribution is 0.102. The molecule has 0 atom stereocenters. The van der Waals surface area contributed by atoms with Crippen LogP contribution < -0.4 is 14.8 Å². The predicted molar refractivity (Wildman–Crippen MR) is 89.3 cm³/mol. The average molecular weight is 324 g/mol. The van der Waals surface area contributed by atoms with Gasteiger partial charge in [-0.15, -0.1) is 0 Å². The molecule has 3 rings (SSSR count). The van der Waals surface area contributed by atoms with Gasteiger partial charge in [0, 0.05) is 24.0 Å². The highest BCUT2D eigenvalue weighted by Gasteiger charge is 2.14. The molecule has 122 valence electrons. The van der Waals surface area contributed by atoms with Crippen molar-refractivity contribution in [2.24, 2.45) is 0 Å². The minimum atomic E-state index is -0.325. The molecule has 0 fully saturated rings. The maximum absolute atomic E-state index is 12.4. The second-order valence-electron chi connectivity index (χ2n) is 4.92. The Bertz CT molecular complexity index is 846. The third kappa shape index (κ3) is 3.19. The van der Waals surface area contributed by atoms with Crippen LogP contribution >= 0.6 is 0 Å². The van der Waals surface area contributed by atoms with E-state index in [-0.39, 0.29) is 5.91 Å². The molecular formula is C17H16N4O3. The molecule has 7 nitrogen and oxygen atoms in total. The monoisotopic (exact) mass is 324 g/mol. The zero-order valence-electron chi connectivity index (χ0n) is 13.2. The Morgan fingerprint density at radius 3 is 2.58 bits per heavy atom. The summed E-state index contributed by atoms with van der Waals surface area (Å²) in [4.78, 5) is 16.4.